The van der Waals surface area contributed by atoms with Crippen molar-refractivity contribution in [2.75, 3.05) is 11.4 Å². The molecule has 0 radical (unpaired) electrons. The Kier molecular flexibility index (Phi) is 4.25. The van der Waals surface area contributed by atoms with E-state index in [1.165, 1.54) is 30.0 Å². The summed E-state index contributed by atoms with van der Waals surface area (Å²) < 4.78 is 13.1. The van der Waals surface area contributed by atoms with Crippen LogP contribution in [0.3, 0.4) is 0 Å². The van der Waals surface area contributed by atoms with Gasteiger partial charge < -0.3 is 15.3 Å². The van der Waals surface area contributed by atoms with Crippen molar-refractivity contribution in [1.29, 1.82) is 0 Å². The largest absolute Gasteiger partial charge is 0.384 e. The van der Waals surface area contributed by atoms with E-state index in [1.54, 1.807) is 0 Å². The summed E-state index contributed by atoms with van der Waals surface area (Å²) in [6, 6.07) is 3.33. The van der Waals surface area contributed by atoms with Gasteiger partial charge in [0.25, 0.3) is 0 Å². The number of carbonyl (C=O) groups excluding carboxylic acids is 2. The minimum atomic E-state index is -1.17. The van der Waals surface area contributed by atoms with Crippen molar-refractivity contribution >= 4 is 29.1 Å². The first-order valence-corrected chi connectivity index (χ1v) is 6.53. The molecule has 1 saturated heterocycles. The van der Waals surface area contributed by atoms with Gasteiger partial charge in [-0.2, -0.15) is 0 Å². The van der Waals surface area contributed by atoms with Gasteiger partial charge in [-0.3, -0.25) is 9.59 Å². The Morgan fingerprint density at radius 2 is 2.30 bits per heavy atom. The molecular formula is C13H14ClFN2O3. The Morgan fingerprint density at radius 1 is 1.60 bits per heavy atom. The summed E-state index contributed by atoms with van der Waals surface area (Å²) in [4.78, 5) is 25.0. The number of anilines is 1. The molecule has 2 rings (SSSR count). The number of aliphatic hydroxyl groups is 1. The number of carbonyl (C=O) groups is 2. The molecule has 0 saturated carbocycles. The third kappa shape index (κ3) is 2.91. The second-order valence-corrected chi connectivity index (χ2v) is 5.02. The van der Waals surface area contributed by atoms with Crippen LogP contribution in [0.4, 0.5) is 10.1 Å². The molecule has 2 N–H and O–H groups in total. The Balaban J connectivity index is 2.11. The molecule has 0 spiro atoms. The predicted octanol–water partition coefficient (Wildman–Crippen LogP) is 1.08. The summed E-state index contributed by atoms with van der Waals surface area (Å²) in [7, 11) is 0. The van der Waals surface area contributed by atoms with Gasteiger partial charge in [-0.15, -0.1) is 0 Å². The van der Waals surface area contributed by atoms with Crippen LogP contribution in [-0.2, 0) is 9.59 Å². The summed E-state index contributed by atoms with van der Waals surface area (Å²) in [5.74, 6) is -1.45. The highest BCUT2D eigenvalue weighted by Gasteiger charge is 2.34. The Morgan fingerprint density at radius 3 is 2.90 bits per heavy atom. The predicted molar refractivity (Wildman–Crippen MR) is 72.0 cm³/mol. The number of nitrogens with zero attached hydrogens (tertiary/aromatic N) is 1. The van der Waals surface area contributed by atoms with Crippen LogP contribution in [0.25, 0.3) is 0 Å². The van der Waals surface area contributed by atoms with Crippen LogP contribution < -0.4 is 10.2 Å². The molecule has 1 aromatic rings. The maximum atomic E-state index is 13.1. The molecule has 1 aliphatic rings. The highest BCUT2D eigenvalue weighted by atomic mass is 35.5. The smallest absolute Gasteiger partial charge is 0.249 e. The zero-order chi connectivity index (χ0) is 14.9. The van der Waals surface area contributed by atoms with E-state index in [0.29, 0.717) is 18.7 Å². The van der Waals surface area contributed by atoms with E-state index in [0.717, 1.165) is 0 Å². The zero-order valence-electron chi connectivity index (χ0n) is 10.8. The maximum absolute atomic E-state index is 13.1. The number of halogens is 2. The van der Waals surface area contributed by atoms with Crippen LogP contribution in [0.5, 0.6) is 0 Å². The average molecular weight is 301 g/mol. The molecule has 20 heavy (non-hydrogen) atoms. The molecular weight excluding hydrogens is 287 g/mol. The number of rotatable bonds is 3. The second kappa shape index (κ2) is 5.76. The molecule has 5 nitrogen and oxygen atoms in total. The van der Waals surface area contributed by atoms with Crippen LogP contribution >= 0.6 is 11.6 Å². The highest BCUT2D eigenvalue weighted by Crippen LogP contribution is 2.26. The molecule has 1 aliphatic heterocycles. The third-order valence-electron chi connectivity index (χ3n) is 3.12. The fraction of sp³-hybridized carbons (Fsp3) is 0.385. The van der Waals surface area contributed by atoms with Gasteiger partial charge in [-0.05, 0) is 31.5 Å². The SMILES string of the molecule is C[C@H](O)C(=O)N[C@@H]1CCN(c2ccc(F)c(Cl)c2)C1=O. The van der Waals surface area contributed by atoms with Gasteiger partial charge in [0.1, 0.15) is 18.0 Å². The molecule has 1 heterocycles. The monoisotopic (exact) mass is 300 g/mol. The number of aliphatic hydroxyl groups excluding tert-OH is 1. The topological polar surface area (TPSA) is 69.6 Å². The van der Waals surface area contributed by atoms with Crippen LogP contribution in [0.1, 0.15) is 13.3 Å². The van der Waals surface area contributed by atoms with Gasteiger partial charge in [0.2, 0.25) is 11.8 Å². The van der Waals surface area contributed by atoms with Crippen LogP contribution in [0.2, 0.25) is 5.02 Å². The van der Waals surface area contributed by atoms with Crippen molar-refractivity contribution in [3.8, 4) is 0 Å². The molecule has 0 aliphatic carbocycles. The van der Waals surface area contributed by atoms with E-state index in [4.69, 9.17) is 16.7 Å². The molecule has 2 amide bonds. The molecule has 0 bridgehead atoms. The number of amides is 2. The van der Waals surface area contributed by atoms with E-state index in [-0.39, 0.29) is 10.9 Å². The van der Waals surface area contributed by atoms with Crippen molar-refractivity contribution in [2.45, 2.75) is 25.5 Å². The van der Waals surface area contributed by atoms with E-state index in [2.05, 4.69) is 5.32 Å². The Labute approximate surface area is 120 Å². The van der Waals surface area contributed by atoms with Gasteiger partial charge in [-0.1, -0.05) is 11.6 Å². The lowest BCUT2D eigenvalue weighted by Crippen LogP contribution is -2.44. The number of nitrogens with one attached hydrogen (secondary N) is 1. The molecule has 2 atom stereocenters. The van der Waals surface area contributed by atoms with Crippen molar-refractivity contribution < 1.29 is 19.1 Å². The normalized spacial score (nSPS) is 20.1. The lowest BCUT2D eigenvalue weighted by Gasteiger charge is -2.18. The van der Waals surface area contributed by atoms with Crippen LogP contribution in [0.15, 0.2) is 18.2 Å². The highest BCUT2D eigenvalue weighted by molar-refractivity contribution is 6.31. The quantitative estimate of drug-likeness (QED) is 0.877. The summed E-state index contributed by atoms with van der Waals surface area (Å²) >= 11 is 5.69. The Hall–Kier alpha value is -1.66. The standard InChI is InChI=1S/C13H14ClFN2O3/c1-7(18)12(19)16-11-4-5-17(13(11)20)8-2-3-10(15)9(14)6-8/h2-3,6-7,11,18H,4-5H2,1H3,(H,16,19)/t7-,11+/m0/s1. The fourth-order valence-electron chi connectivity index (χ4n) is 2.02. The van der Waals surface area contributed by atoms with E-state index in [9.17, 15) is 14.0 Å². The van der Waals surface area contributed by atoms with Crippen LogP contribution in [-0.4, -0.2) is 35.6 Å². The Bertz CT molecular complexity index is 550. The lowest BCUT2D eigenvalue weighted by molar-refractivity contribution is -0.131. The molecule has 0 unspecified atom stereocenters. The van der Waals surface area contributed by atoms with Gasteiger partial charge >= 0.3 is 0 Å². The number of hydrogen-bond donors (Lipinski definition) is 2. The van der Waals surface area contributed by atoms with Gasteiger partial charge in [-0.25, -0.2) is 4.39 Å². The van der Waals surface area contributed by atoms with E-state index in [1.807, 2.05) is 0 Å². The average Bonchev–Trinajstić information content (AvgIpc) is 2.74. The van der Waals surface area contributed by atoms with Crippen molar-refractivity contribution in [3.63, 3.8) is 0 Å². The van der Waals surface area contributed by atoms with Crippen molar-refractivity contribution in [1.82, 2.24) is 5.32 Å². The molecule has 1 aromatic carbocycles. The van der Waals surface area contributed by atoms with Crippen LogP contribution in [0, 0.1) is 5.82 Å². The zero-order valence-corrected chi connectivity index (χ0v) is 11.5. The van der Waals surface area contributed by atoms with Gasteiger partial charge in [0, 0.05) is 12.2 Å². The number of hydrogen-bond acceptors (Lipinski definition) is 3. The summed E-state index contributed by atoms with van der Waals surface area (Å²) in [5.41, 5.74) is 0.482. The first-order chi connectivity index (χ1) is 9.40. The van der Waals surface area contributed by atoms with Crippen molar-refractivity contribution in [3.05, 3.63) is 29.0 Å². The van der Waals surface area contributed by atoms with Gasteiger partial charge in [0.15, 0.2) is 0 Å². The lowest BCUT2D eigenvalue weighted by atomic mass is 10.2. The maximum Gasteiger partial charge on any atom is 0.249 e. The summed E-state index contributed by atoms with van der Waals surface area (Å²) in [5, 5.41) is 11.5. The third-order valence-corrected chi connectivity index (χ3v) is 3.41. The summed E-state index contributed by atoms with van der Waals surface area (Å²) in [6.45, 7) is 1.72. The molecule has 1 fully saturated rings. The van der Waals surface area contributed by atoms with Gasteiger partial charge in [0.05, 0.1) is 5.02 Å². The molecule has 0 aromatic heterocycles. The molecule has 7 heteroatoms. The fourth-order valence-corrected chi connectivity index (χ4v) is 2.19. The first-order valence-electron chi connectivity index (χ1n) is 6.15. The van der Waals surface area contributed by atoms with Crippen molar-refractivity contribution in [2.24, 2.45) is 0 Å². The van der Waals surface area contributed by atoms with E-state index < -0.39 is 23.9 Å². The second-order valence-electron chi connectivity index (χ2n) is 4.61. The minimum absolute atomic E-state index is 0.0632. The summed E-state index contributed by atoms with van der Waals surface area (Å²) in [6.07, 6.45) is -0.746. The minimum Gasteiger partial charge on any atom is -0.384 e. The van der Waals surface area contributed by atoms with E-state index >= 15 is 0 Å². The first kappa shape index (κ1) is 14.7. The molecule has 108 valence electrons. The number of benzene rings is 1.